The molecule has 0 radical (unpaired) electrons. The number of nitrogens with one attached hydrogen (secondary N) is 1. The van der Waals surface area contributed by atoms with E-state index in [1.54, 1.807) is 7.11 Å². The van der Waals surface area contributed by atoms with Gasteiger partial charge in [0.15, 0.2) is 0 Å². The molecule has 20 heavy (non-hydrogen) atoms. The molecule has 2 rings (SSSR count). The van der Waals surface area contributed by atoms with E-state index in [2.05, 4.69) is 10.3 Å². The molecule has 1 aromatic heterocycles. The Kier molecular flexibility index (Phi) is 6.36. The molecular formula is C15H25N3O2. The van der Waals surface area contributed by atoms with Crippen LogP contribution in [0.4, 0.5) is 0 Å². The second kappa shape index (κ2) is 8.29. The fourth-order valence-corrected chi connectivity index (χ4v) is 2.58. The largest absolute Gasteiger partial charge is 0.382 e. The van der Waals surface area contributed by atoms with E-state index in [0.29, 0.717) is 25.9 Å². The first-order valence-corrected chi connectivity index (χ1v) is 7.43. The molecule has 5 nitrogen and oxygen atoms in total. The molecule has 1 atom stereocenters. The maximum atomic E-state index is 5.47. The SMILES string of the molecule is CNC1CCCCc2nc(CCOCCOC)ncc21. The lowest BCUT2D eigenvalue weighted by atomic mass is 10.1. The van der Waals surface area contributed by atoms with Crippen LogP contribution in [0.1, 0.15) is 42.4 Å². The van der Waals surface area contributed by atoms with Crippen molar-refractivity contribution in [1.82, 2.24) is 15.3 Å². The van der Waals surface area contributed by atoms with Crippen LogP contribution in [0.3, 0.4) is 0 Å². The molecule has 1 aliphatic rings. The lowest BCUT2D eigenvalue weighted by Crippen LogP contribution is -2.18. The lowest BCUT2D eigenvalue weighted by Gasteiger charge is -2.16. The van der Waals surface area contributed by atoms with Gasteiger partial charge < -0.3 is 14.8 Å². The first-order valence-electron chi connectivity index (χ1n) is 7.43. The van der Waals surface area contributed by atoms with E-state index in [-0.39, 0.29) is 0 Å². The van der Waals surface area contributed by atoms with Crippen molar-refractivity contribution >= 4 is 0 Å². The molecule has 0 saturated heterocycles. The van der Waals surface area contributed by atoms with Gasteiger partial charge in [-0.25, -0.2) is 9.97 Å². The van der Waals surface area contributed by atoms with Crippen molar-refractivity contribution in [3.05, 3.63) is 23.3 Å². The van der Waals surface area contributed by atoms with Crippen LogP contribution >= 0.6 is 0 Å². The number of hydrogen-bond acceptors (Lipinski definition) is 5. The highest BCUT2D eigenvalue weighted by atomic mass is 16.5. The monoisotopic (exact) mass is 279 g/mol. The molecule has 0 amide bonds. The van der Waals surface area contributed by atoms with Gasteiger partial charge in [0.25, 0.3) is 0 Å². The summed E-state index contributed by atoms with van der Waals surface area (Å²) in [5.41, 5.74) is 2.48. The highest BCUT2D eigenvalue weighted by Gasteiger charge is 2.19. The zero-order valence-electron chi connectivity index (χ0n) is 12.5. The van der Waals surface area contributed by atoms with E-state index in [9.17, 15) is 0 Å². The molecule has 1 unspecified atom stereocenters. The zero-order valence-corrected chi connectivity index (χ0v) is 12.5. The molecule has 5 heteroatoms. The molecule has 1 aromatic rings. The second-order valence-corrected chi connectivity index (χ2v) is 5.13. The Balaban J connectivity index is 1.94. The number of fused-ring (bicyclic) bond motifs is 1. The van der Waals surface area contributed by atoms with Crippen LogP contribution in [0.25, 0.3) is 0 Å². The van der Waals surface area contributed by atoms with Crippen LogP contribution in [-0.4, -0.2) is 43.9 Å². The van der Waals surface area contributed by atoms with Gasteiger partial charge in [-0.1, -0.05) is 6.42 Å². The molecule has 1 heterocycles. The van der Waals surface area contributed by atoms with Crippen molar-refractivity contribution < 1.29 is 9.47 Å². The van der Waals surface area contributed by atoms with Gasteiger partial charge >= 0.3 is 0 Å². The fourth-order valence-electron chi connectivity index (χ4n) is 2.58. The topological polar surface area (TPSA) is 56.3 Å². The summed E-state index contributed by atoms with van der Waals surface area (Å²) in [7, 11) is 3.69. The van der Waals surface area contributed by atoms with E-state index in [1.165, 1.54) is 30.5 Å². The van der Waals surface area contributed by atoms with Crippen LogP contribution in [-0.2, 0) is 22.3 Å². The smallest absolute Gasteiger partial charge is 0.130 e. The summed E-state index contributed by atoms with van der Waals surface area (Å²) in [4.78, 5) is 9.21. The number of aromatic nitrogens is 2. The standard InChI is InChI=1S/C15H25N3O2/c1-16-13-5-3-4-6-14-12(13)11-17-15(18-14)7-8-20-10-9-19-2/h11,13,16H,3-10H2,1-2H3. The Morgan fingerprint density at radius 3 is 3.00 bits per heavy atom. The van der Waals surface area contributed by atoms with Gasteiger partial charge in [-0.3, -0.25) is 0 Å². The Hall–Kier alpha value is -1.04. The van der Waals surface area contributed by atoms with Crippen molar-refractivity contribution in [3.63, 3.8) is 0 Å². The summed E-state index contributed by atoms with van der Waals surface area (Å²) in [5, 5.41) is 3.37. The Morgan fingerprint density at radius 2 is 2.20 bits per heavy atom. The molecule has 0 aliphatic heterocycles. The van der Waals surface area contributed by atoms with Crippen LogP contribution in [0, 0.1) is 0 Å². The lowest BCUT2D eigenvalue weighted by molar-refractivity contribution is 0.0716. The molecule has 0 fully saturated rings. The third kappa shape index (κ3) is 4.23. The number of hydrogen-bond donors (Lipinski definition) is 1. The molecule has 112 valence electrons. The Bertz CT molecular complexity index is 412. The van der Waals surface area contributed by atoms with Gasteiger partial charge in [-0.15, -0.1) is 0 Å². The zero-order chi connectivity index (χ0) is 14.2. The van der Waals surface area contributed by atoms with Gasteiger partial charge in [0.05, 0.1) is 19.8 Å². The highest BCUT2D eigenvalue weighted by molar-refractivity contribution is 5.23. The average molecular weight is 279 g/mol. The van der Waals surface area contributed by atoms with Crippen LogP contribution in [0.15, 0.2) is 6.20 Å². The van der Waals surface area contributed by atoms with Crippen LogP contribution in [0.5, 0.6) is 0 Å². The van der Waals surface area contributed by atoms with Gasteiger partial charge in [0, 0.05) is 37.0 Å². The Morgan fingerprint density at radius 1 is 1.30 bits per heavy atom. The number of rotatable bonds is 7. The van der Waals surface area contributed by atoms with Gasteiger partial charge in [-0.05, 0) is 26.3 Å². The van der Waals surface area contributed by atoms with Crippen molar-refractivity contribution in [2.24, 2.45) is 0 Å². The van der Waals surface area contributed by atoms with E-state index in [1.807, 2.05) is 13.2 Å². The predicted molar refractivity (Wildman–Crippen MR) is 77.8 cm³/mol. The van der Waals surface area contributed by atoms with Gasteiger partial charge in [0.2, 0.25) is 0 Å². The van der Waals surface area contributed by atoms with Crippen molar-refractivity contribution in [2.45, 2.75) is 38.1 Å². The Labute approximate surface area is 121 Å². The van der Waals surface area contributed by atoms with E-state index >= 15 is 0 Å². The minimum Gasteiger partial charge on any atom is -0.382 e. The number of nitrogens with zero attached hydrogens (tertiary/aromatic N) is 2. The molecule has 0 bridgehead atoms. The molecule has 1 aliphatic carbocycles. The number of aryl methyl sites for hydroxylation is 1. The van der Waals surface area contributed by atoms with Crippen molar-refractivity contribution in [1.29, 1.82) is 0 Å². The quantitative estimate of drug-likeness (QED) is 0.608. The summed E-state index contributed by atoms with van der Waals surface area (Å²) in [6, 6.07) is 0.402. The van der Waals surface area contributed by atoms with E-state index in [0.717, 1.165) is 18.7 Å². The molecule has 0 aromatic carbocycles. The molecule has 1 N–H and O–H groups in total. The molecule has 0 saturated carbocycles. The first-order chi connectivity index (χ1) is 9.85. The summed E-state index contributed by atoms with van der Waals surface area (Å²) < 4.78 is 10.4. The normalized spacial score (nSPS) is 18.6. The minimum absolute atomic E-state index is 0.402. The van der Waals surface area contributed by atoms with Crippen LogP contribution < -0.4 is 5.32 Å². The summed E-state index contributed by atoms with van der Waals surface area (Å²) in [5.74, 6) is 0.887. The third-order valence-corrected chi connectivity index (χ3v) is 3.73. The summed E-state index contributed by atoms with van der Waals surface area (Å²) in [6.07, 6.45) is 7.46. The maximum absolute atomic E-state index is 5.47. The average Bonchev–Trinajstić information content (AvgIpc) is 2.68. The number of methoxy groups -OCH3 is 1. The third-order valence-electron chi connectivity index (χ3n) is 3.73. The fraction of sp³-hybridized carbons (Fsp3) is 0.733. The first kappa shape index (κ1) is 15.4. The molecule has 0 spiro atoms. The summed E-state index contributed by atoms with van der Waals surface area (Å²) >= 11 is 0. The van der Waals surface area contributed by atoms with Crippen molar-refractivity contribution in [3.8, 4) is 0 Å². The van der Waals surface area contributed by atoms with Gasteiger partial charge in [-0.2, -0.15) is 0 Å². The second-order valence-electron chi connectivity index (χ2n) is 5.13. The predicted octanol–water partition coefficient (Wildman–Crippen LogP) is 1.67. The summed E-state index contributed by atoms with van der Waals surface area (Å²) in [6.45, 7) is 1.91. The maximum Gasteiger partial charge on any atom is 0.130 e. The number of ether oxygens (including phenoxy) is 2. The highest BCUT2D eigenvalue weighted by Crippen LogP contribution is 2.26. The molecular weight excluding hydrogens is 254 g/mol. The van der Waals surface area contributed by atoms with Crippen molar-refractivity contribution in [2.75, 3.05) is 34.0 Å². The van der Waals surface area contributed by atoms with Gasteiger partial charge in [0.1, 0.15) is 5.82 Å². The van der Waals surface area contributed by atoms with E-state index in [4.69, 9.17) is 14.5 Å². The minimum atomic E-state index is 0.402. The van der Waals surface area contributed by atoms with Crippen LogP contribution in [0.2, 0.25) is 0 Å². The van der Waals surface area contributed by atoms with E-state index < -0.39 is 0 Å².